The molecule has 30 heavy (non-hydrogen) atoms. The van der Waals surface area contributed by atoms with Gasteiger partial charge in [0.15, 0.2) is 5.96 Å². The third-order valence-corrected chi connectivity index (χ3v) is 6.38. The predicted molar refractivity (Wildman–Crippen MR) is 125 cm³/mol. The van der Waals surface area contributed by atoms with Crippen molar-refractivity contribution < 1.29 is 0 Å². The van der Waals surface area contributed by atoms with Crippen molar-refractivity contribution in [3.8, 4) is 0 Å². The summed E-state index contributed by atoms with van der Waals surface area (Å²) in [5.41, 5.74) is 4.67. The second-order valence-corrected chi connectivity index (χ2v) is 8.57. The van der Waals surface area contributed by atoms with Gasteiger partial charge in [0, 0.05) is 43.0 Å². The highest BCUT2D eigenvalue weighted by Gasteiger charge is 2.20. The molecule has 1 saturated heterocycles. The standard InChI is InChI=1S/C23H35ClN6/c1-5-25-23(27-15-21-17(2)28-29(4)18(21)3)26-14-19-10-12-30(13-11-19)16-20-8-6-7-9-22(20)24/h6-9,19H,5,10-16H2,1-4H3,(H2,25,26,27). The molecule has 0 unspecified atom stereocenters. The number of likely N-dealkylation sites (tertiary alicyclic amines) is 1. The van der Waals surface area contributed by atoms with Crippen LogP contribution in [0.2, 0.25) is 5.02 Å². The quantitative estimate of drug-likeness (QED) is 0.520. The van der Waals surface area contributed by atoms with Crippen LogP contribution in [-0.2, 0) is 20.1 Å². The largest absolute Gasteiger partial charge is 0.357 e. The van der Waals surface area contributed by atoms with Crippen LogP contribution in [0.4, 0.5) is 0 Å². The van der Waals surface area contributed by atoms with E-state index < -0.39 is 0 Å². The zero-order chi connectivity index (χ0) is 21.5. The second-order valence-electron chi connectivity index (χ2n) is 8.16. The molecule has 1 aliphatic rings. The van der Waals surface area contributed by atoms with Crippen LogP contribution in [0, 0.1) is 19.8 Å². The summed E-state index contributed by atoms with van der Waals surface area (Å²) in [6.07, 6.45) is 2.38. The van der Waals surface area contributed by atoms with Gasteiger partial charge in [-0.15, -0.1) is 0 Å². The molecule has 0 spiro atoms. The summed E-state index contributed by atoms with van der Waals surface area (Å²) in [7, 11) is 1.98. The van der Waals surface area contributed by atoms with Gasteiger partial charge in [-0.25, -0.2) is 4.99 Å². The number of hydrogen-bond donors (Lipinski definition) is 2. The van der Waals surface area contributed by atoms with E-state index in [0.29, 0.717) is 12.5 Å². The molecule has 1 fully saturated rings. The van der Waals surface area contributed by atoms with Crippen LogP contribution in [0.1, 0.15) is 42.3 Å². The molecule has 3 rings (SSSR count). The highest BCUT2D eigenvalue weighted by molar-refractivity contribution is 6.31. The van der Waals surface area contributed by atoms with Crippen molar-refractivity contribution in [2.24, 2.45) is 18.0 Å². The van der Waals surface area contributed by atoms with Crippen LogP contribution < -0.4 is 10.6 Å². The molecule has 2 heterocycles. The first-order valence-corrected chi connectivity index (χ1v) is 11.3. The van der Waals surface area contributed by atoms with E-state index in [2.05, 4.69) is 53.5 Å². The molecule has 2 N–H and O–H groups in total. The molecule has 1 aromatic heterocycles. The smallest absolute Gasteiger partial charge is 0.191 e. The van der Waals surface area contributed by atoms with Crippen LogP contribution in [0.3, 0.4) is 0 Å². The predicted octanol–water partition coefficient (Wildman–Crippen LogP) is 3.66. The summed E-state index contributed by atoms with van der Waals surface area (Å²) in [4.78, 5) is 7.30. The Kier molecular flexibility index (Phi) is 8.16. The minimum atomic E-state index is 0.650. The highest BCUT2D eigenvalue weighted by Crippen LogP contribution is 2.22. The number of piperidine rings is 1. The normalized spacial score (nSPS) is 16.1. The fraction of sp³-hybridized carbons (Fsp3) is 0.565. The third-order valence-electron chi connectivity index (χ3n) is 6.02. The monoisotopic (exact) mass is 430 g/mol. The number of nitrogens with one attached hydrogen (secondary N) is 2. The lowest BCUT2D eigenvalue weighted by atomic mass is 9.96. The first-order chi connectivity index (χ1) is 14.5. The number of guanidine groups is 1. The second kappa shape index (κ2) is 10.8. The van der Waals surface area contributed by atoms with E-state index >= 15 is 0 Å². The Morgan fingerprint density at radius 1 is 1.20 bits per heavy atom. The molecule has 0 amide bonds. The van der Waals surface area contributed by atoms with E-state index in [1.54, 1.807) is 0 Å². The van der Waals surface area contributed by atoms with Crippen molar-refractivity contribution in [2.75, 3.05) is 26.2 Å². The fourth-order valence-corrected chi connectivity index (χ4v) is 4.20. The molecule has 0 aliphatic carbocycles. The molecule has 0 radical (unpaired) electrons. The Labute approximate surface area is 185 Å². The van der Waals surface area contributed by atoms with Gasteiger partial charge in [-0.3, -0.25) is 9.58 Å². The third kappa shape index (κ3) is 5.99. The van der Waals surface area contributed by atoms with E-state index in [4.69, 9.17) is 16.6 Å². The maximum atomic E-state index is 6.32. The van der Waals surface area contributed by atoms with Gasteiger partial charge in [-0.2, -0.15) is 5.10 Å². The Balaban J connectivity index is 1.48. The SMILES string of the molecule is CCNC(=NCc1c(C)nn(C)c1C)NCC1CCN(Cc2ccccc2Cl)CC1. The zero-order valence-corrected chi connectivity index (χ0v) is 19.5. The summed E-state index contributed by atoms with van der Waals surface area (Å²) < 4.78 is 1.93. The lowest BCUT2D eigenvalue weighted by molar-refractivity contribution is 0.178. The Hall–Kier alpha value is -2.05. The van der Waals surface area contributed by atoms with Gasteiger partial charge in [0.25, 0.3) is 0 Å². The average Bonchev–Trinajstić information content (AvgIpc) is 2.98. The molecule has 164 valence electrons. The summed E-state index contributed by atoms with van der Waals surface area (Å²) in [6, 6.07) is 8.16. The topological polar surface area (TPSA) is 57.5 Å². The number of hydrogen-bond acceptors (Lipinski definition) is 3. The van der Waals surface area contributed by atoms with Crippen LogP contribution in [0.5, 0.6) is 0 Å². The summed E-state index contributed by atoms with van der Waals surface area (Å²) in [5, 5.41) is 12.3. The van der Waals surface area contributed by atoms with E-state index in [-0.39, 0.29) is 0 Å². The summed E-state index contributed by atoms with van der Waals surface area (Å²) in [6.45, 7) is 11.9. The maximum absolute atomic E-state index is 6.32. The van der Waals surface area contributed by atoms with Crippen molar-refractivity contribution >= 4 is 17.6 Å². The highest BCUT2D eigenvalue weighted by atomic mass is 35.5. The zero-order valence-electron chi connectivity index (χ0n) is 18.7. The maximum Gasteiger partial charge on any atom is 0.191 e. The molecular formula is C23H35ClN6. The van der Waals surface area contributed by atoms with Crippen molar-refractivity contribution in [1.82, 2.24) is 25.3 Å². The van der Waals surface area contributed by atoms with E-state index in [1.807, 2.05) is 23.9 Å². The Bertz CT molecular complexity index is 851. The number of benzene rings is 1. The van der Waals surface area contributed by atoms with E-state index in [9.17, 15) is 0 Å². The van der Waals surface area contributed by atoms with Gasteiger partial charge in [0.2, 0.25) is 0 Å². The van der Waals surface area contributed by atoms with Crippen LogP contribution in [-0.4, -0.2) is 46.8 Å². The fourth-order valence-electron chi connectivity index (χ4n) is 4.00. The lowest BCUT2D eigenvalue weighted by Gasteiger charge is -2.32. The van der Waals surface area contributed by atoms with Crippen LogP contribution in [0.15, 0.2) is 29.3 Å². The number of nitrogens with zero attached hydrogens (tertiary/aromatic N) is 4. The first-order valence-electron chi connectivity index (χ1n) is 10.9. The first kappa shape index (κ1) is 22.6. The van der Waals surface area contributed by atoms with Crippen LogP contribution >= 0.6 is 11.6 Å². The van der Waals surface area contributed by atoms with Crippen molar-refractivity contribution in [3.63, 3.8) is 0 Å². The molecule has 1 aliphatic heterocycles. The van der Waals surface area contributed by atoms with Gasteiger partial charge in [-0.05, 0) is 64.3 Å². The van der Waals surface area contributed by atoms with E-state index in [1.165, 1.54) is 29.7 Å². The molecule has 0 bridgehead atoms. The van der Waals surface area contributed by atoms with Gasteiger partial charge in [0.05, 0.1) is 12.2 Å². The van der Waals surface area contributed by atoms with Gasteiger partial charge < -0.3 is 10.6 Å². The molecule has 0 saturated carbocycles. The van der Waals surface area contributed by atoms with Crippen LogP contribution in [0.25, 0.3) is 0 Å². The van der Waals surface area contributed by atoms with Crippen molar-refractivity contribution in [2.45, 2.75) is 46.7 Å². The molecule has 7 heteroatoms. The number of aryl methyl sites for hydroxylation is 2. The molecule has 6 nitrogen and oxygen atoms in total. The van der Waals surface area contributed by atoms with Crippen molar-refractivity contribution in [1.29, 1.82) is 0 Å². The van der Waals surface area contributed by atoms with Gasteiger partial charge in [-0.1, -0.05) is 29.8 Å². The number of aliphatic imine (C=N–C) groups is 1. The number of halogens is 1. The average molecular weight is 431 g/mol. The molecule has 0 atom stereocenters. The minimum Gasteiger partial charge on any atom is -0.357 e. The summed E-state index contributed by atoms with van der Waals surface area (Å²) >= 11 is 6.32. The van der Waals surface area contributed by atoms with Gasteiger partial charge in [0.1, 0.15) is 0 Å². The minimum absolute atomic E-state index is 0.650. The van der Waals surface area contributed by atoms with Crippen molar-refractivity contribution in [3.05, 3.63) is 51.8 Å². The lowest BCUT2D eigenvalue weighted by Crippen LogP contribution is -2.42. The van der Waals surface area contributed by atoms with E-state index in [0.717, 1.165) is 49.4 Å². The van der Waals surface area contributed by atoms with Gasteiger partial charge >= 0.3 is 0 Å². The molecular weight excluding hydrogens is 396 g/mol. The summed E-state index contributed by atoms with van der Waals surface area (Å²) in [5.74, 6) is 1.55. The Morgan fingerprint density at radius 3 is 2.57 bits per heavy atom. The molecule has 2 aromatic rings. The Morgan fingerprint density at radius 2 is 1.93 bits per heavy atom. The molecule has 1 aromatic carbocycles. The number of aromatic nitrogens is 2. The number of rotatable bonds is 7.